The Morgan fingerprint density at radius 2 is 0.857 bits per heavy atom. The first-order valence-electron chi connectivity index (χ1n) is 9.09. The Labute approximate surface area is 163 Å². The molecule has 0 bridgehead atoms. The predicted octanol–water partition coefficient (Wildman–Crippen LogP) is 5.13. The molecule has 28 heavy (non-hydrogen) atoms. The number of aliphatic imine (C=N–C) groups is 2. The molecular weight excluding hydrogens is 344 g/mol. The maximum atomic E-state index is 5.03. The van der Waals surface area contributed by atoms with Gasteiger partial charge in [0.1, 0.15) is 0 Å². The molecule has 0 saturated carbocycles. The Kier molecular flexibility index (Phi) is 4.07. The number of aromatic nitrogens is 2. The van der Waals surface area contributed by atoms with Gasteiger partial charge in [-0.2, -0.15) is 0 Å². The van der Waals surface area contributed by atoms with Crippen molar-refractivity contribution in [2.45, 2.75) is 0 Å². The summed E-state index contributed by atoms with van der Waals surface area (Å²) in [6.45, 7) is 0. The van der Waals surface area contributed by atoms with Crippen molar-refractivity contribution in [1.82, 2.24) is 9.97 Å². The van der Waals surface area contributed by atoms with Crippen LogP contribution in [0.4, 0.5) is 11.4 Å². The van der Waals surface area contributed by atoms with Gasteiger partial charge < -0.3 is 0 Å². The third-order valence-corrected chi connectivity index (χ3v) is 4.60. The summed E-state index contributed by atoms with van der Waals surface area (Å²) < 4.78 is 0. The summed E-state index contributed by atoms with van der Waals surface area (Å²) >= 11 is 0. The third kappa shape index (κ3) is 2.91. The van der Waals surface area contributed by atoms with Crippen LogP contribution in [0.25, 0.3) is 0 Å². The monoisotopic (exact) mass is 360 g/mol. The fourth-order valence-corrected chi connectivity index (χ4v) is 3.30. The van der Waals surface area contributed by atoms with Crippen LogP contribution in [0, 0.1) is 0 Å². The average Bonchev–Trinajstić information content (AvgIpc) is 2.76. The quantitative estimate of drug-likeness (QED) is 0.438. The van der Waals surface area contributed by atoms with Crippen LogP contribution >= 0.6 is 0 Å². The van der Waals surface area contributed by atoms with E-state index in [0.717, 1.165) is 45.3 Å². The molecule has 5 rings (SSSR count). The lowest BCUT2D eigenvalue weighted by molar-refractivity contribution is 1.26. The number of hydrogen-bond donors (Lipinski definition) is 0. The van der Waals surface area contributed by atoms with Gasteiger partial charge in [-0.05, 0) is 36.4 Å². The lowest BCUT2D eigenvalue weighted by Gasteiger charge is -2.17. The van der Waals surface area contributed by atoms with E-state index in [9.17, 15) is 0 Å². The Bertz CT molecular complexity index is 1100. The Hall–Kier alpha value is -3.92. The molecule has 3 heterocycles. The van der Waals surface area contributed by atoms with Crippen LogP contribution in [0.2, 0.25) is 0 Å². The van der Waals surface area contributed by atoms with E-state index in [1.807, 2.05) is 84.9 Å². The lowest BCUT2D eigenvalue weighted by atomic mass is 9.99. The van der Waals surface area contributed by atoms with Gasteiger partial charge in [-0.15, -0.1) is 0 Å². The molecule has 132 valence electrons. The molecule has 0 saturated heterocycles. The SMILES string of the molecule is c1ccc(C2=Nc3ccccc3C(c3ccccn3)=Nc3ccccc32)nc1. The predicted molar refractivity (Wildman–Crippen MR) is 112 cm³/mol. The van der Waals surface area contributed by atoms with Gasteiger partial charge >= 0.3 is 0 Å². The lowest BCUT2D eigenvalue weighted by Crippen LogP contribution is -2.11. The molecule has 0 amide bonds. The summed E-state index contributed by atoms with van der Waals surface area (Å²) in [5.41, 5.74) is 6.86. The number of rotatable bonds is 2. The largest absolute Gasteiger partial charge is 0.255 e. The molecule has 0 atom stereocenters. The van der Waals surface area contributed by atoms with Gasteiger partial charge in [0.05, 0.1) is 34.2 Å². The molecule has 0 spiro atoms. The van der Waals surface area contributed by atoms with Crippen LogP contribution in [-0.2, 0) is 0 Å². The van der Waals surface area contributed by atoms with E-state index in [1.165, 1.54) is 0 Å². The maximum Gasteiger partial charge on any atom is 0.0987 e. The third-order valence-electron chi connectivity index (χ3n) is 4.60. The summed E-state index contributed by atoms with van der Waals surface area (Å²) in [4.78, 5) is 19.1. The normalized spacial score (nSPS) is 12.7. The zero-order chi connectivity index (χ0) is 18.8. The first-order valence-corrected chi connectivity index (χ1v) is 9.09. The van der Waals surface area contributed by atoms with Gasteiger partial charge in [0.25, 0.3) is 0 Å². The molecule has 0 radical (unpaired) electrons. The zero-order valence-electron chi connectivity index (χ0n) is 15.0. The first-order chi connectivity index (χ1) is 13.9. The van der Waals surface area contributed by atoms with Crippen LogP contribution in [0.3, 0.4) is 0 Å². The number of para-hydroxylation sites is 2. The molecule has 1 aliphatic heterocycles. The Balaban J connectivity index is 1.83. The first kappa shape index (κ1) is 16.3. The highest BCUT2D eigenvalue weighted by atomic mass is 14.9. The molecule has 4 heteroatoms. The van der Waals surface area contributed by atoms with E-state index in [4.69, 9.17) is 9.98 Å². The highest BCUT2D eigenvalue weighted by Crippen LogP contribution is 2.32. The summed E-state index contributed by atoms with van der Waals surface area (Å²) in [6.07, 6.45) is 3.57. The van der Waals surface area contributed by atoms with Crippen LogP contribution in [0.1, 0.15) is 22.5 Å². The topological polar surface area (TPSA) is 50.5 Å². The second-order valence-corrected chi connectivity index (χ2v) is 6.39. The molecular formula is C24H16N4. The van der Waals surface area contributed by atoms with Crippen molar-refractivity contribution in [3.8, 4) is 0 Å². The molecule has 4 aromatic rings. The van der Waals surface area contributed by atoms with Crippen molar-refractivity contribution < 1.29 is 0 Å². The van der Waals surface area contributed by atoms with Crippen molar-refractivity contribution >= 4 is 22.8 Å². The van der Waals surface area contributed by atoms with Gasteiger partial charge in [-0.3, -0.25) is 9.97 Å². The smallest absolute Gasteiger partial charge is 0.0987 e. The van der Waals surface area contributed by atoms with E-state index < -0.39 is 0 Å². The van der Waals surface area contributed by atoms with Gasteiger partial charge in [0, 0.05) is 23.5 Å². The number of hydrogen-bond acceptors (Lipinski definition) is 4. The van der Waals surface area contributed by atoms with Crippen molar-refractivity contribution in [3.05, 3.63) is 120 Å². The van der Waals surface area contributed by atoms with Gasteiger partial charge in [0.15, 0.2) is 0 Å². The highest BCUT2D eigenvalue weighted by Gasteiger charge is 2.20. The Morgan fingerprint density at radius 3 is 1.29 bits per heavy atom. The van der Waals surface area contributed by atoms with E-state index in [2.05, 4.69) is 9.97 Å². The van der Waals surface area contributed by atoms with Gasteiger partial charge in [-0.25, -0.2) is 9.98 Å². The minimum absolute atomic E-state index is 0.812. The molecule has 1 aliphatic rings. The zero-order valence-corrected chi connectivity index (χ0v) is 15.0. The van der Waals surface area contributed by atoms with E-state index in [1.54, 1.807) is 12.4 Å². The number of pyridine rings is 2. The van der Waals surface area contributed by atoms with E-state index in [0.29, 0.717) is 0 Å². The van der Waals surface area contributed by atoms with Crippen molar-refractivity contribution in [2.24, 2.45) is 9.98 Å². The second-order valence-electron chi connectivity index (χ2n) is 6.39. The minimum Gasteiger partial charge on any atom is -0.255 e. The maximum absolute atomic E-state index is 5.03. The van der Waals surface area contributed by atoms with Crippen LogP contribution < -0.4 is 0 Å². The van der Waals surface area contributed by atoms with E-state index >= 15 is 0 Å². The van der Waals surface area contributed by atoms with Crippen molar-refractivity contribution in [2.75, 3.05) is 0 Å². The number of nitrogens with zero attached hydrogens (tertiary/aromatic N) is 4. The number of benzene rings is 2. The molecule has 0 unspecified atom stereocenters. The van der Waals surface area contributed by atoms with Gasteiger partial charge in [-0.1, -0.05) is 48.5 Å². The van der Waals surface area contributed by atoms with Crippen LogP contribution in [-0.4, -0.2) is 21.4 Å². The fraction of sp³-hybridized carbons (Fsp3) is 0. The average molecular weight is 360 g/mol. The highest BCUT2D eigenvalue weighted by molar-refractivity contribution is 6.21. The van der Waals surface area contributed by atoms with Crippen LogP contribution in [0.15, 0.2) is 107 Å². The van der Waals surface area contributed by atoms with Gasteiger partial charge in [0.2, 0.25) is 0 Å². The van der Waals surface area contributed by atoms with Crippen LogP contribution in [0.5, 0.6) is 0 Å². The molecule has 0 fully saturated rings. The fourth-order valence-electron chi connectivity index (χ4n) is 3.30. The second kappa shape index (κ2) is 7.00. The summed E-state index contributed by atoms with van der Waals surface area (Å²) in [6, 6.07) is 27.8. The van der Waals surface area contributed by atoms with Crippen molar-refractivity contribution in [1.29, 1.82) is 0 Å². The Morgan fingerprint density at radius 1 is 0.429 bits per heavy atom. The summed E-state index contributed by atoms with van der Waals surface area (Å²) in [7, 11) is 0. The summed E-state index contributed by atoms with van der Waals surface area (Å²) in [5.74, 6) is 0. The molecule has 0 aliphatic carbocycles. The molecule has 4 nitrogen and oxygen atoms in total. The molecule has 2 aromatic heterocycles. The minimum atomic E-state index is 0.812. The van der Waals surface area contributed by atoms with Crippen molar-refractivity contribution in [3.63, 3.8) is 0 Å². The van der Waals surface area contributed by atoms with E-state index in [-0.39, 0.29) is 0 Å². The summed E-state index contributed by atoms with van der Waals surface area (Å²) in [5, 5.41) is 0. The molecule has 0 N–H and O–H groups in total. The molecule has 2 aromatic carbocycles. The number of fused-ring (bicyclic) bond motifs is 2. The standard InChI is InChI=1S/C24H16N4/c1-3-11-19-17(9-1)23(21-13-5-7-15-25-21)28-20-12-4-2-10-18(20)24(27-19)22-14-6-8-16-26-22/h1-16H.